The molecule has 1 N–H and O–H groups in total. The number of piperidine rings is 1. The highest BCUT2D eigenvalue weighted by Crippen LogP contribution is 2.20. The third kappa shape index (κ3) is 4.32. The number of hydrogen-bond donors (Lipinski definition) is 1. The Morgan fingerprint density at radius 3 is 2.52 bits per heavy atom. The molecule has 0 bridgehead atoms. The van der Waals surface area contributed by atoms with E-state index in [4.69, 9.17) is 4.42 Å². The summed E-state index contributed by atoms with van der Waals surface area (Å²) in [7, 11) is 0. The first-order chi connectivity index (χ1) is 14.9. The van der Waals surface area contributed by atoms with Gasteiger partial charge in [0.05, 0.1) is 16.5 Å². The highest BCUT2D eigenvalue weighted by atomic mass is 16.6. The lowest BCUT2D eigenvalue weighted by Gasteiger charge is -2.32. The fraction of sp³-hybridized carbons (Fsp3) is 0.286. The molecule has 2 aromatic carbocycles. The number of nitrogens with one attached hydrogen (secondary N) is 1. The molecular formula is C21H20N4O6. The van der Waals surface area contributed by atoms with Gasteiger partial charge in [0.1, 0.15) is 6.54 Å². The van der Waals surface area contributed by atoms with Gasteiger partial charge >= 0.3 is 5.76 Å². The van der Waals surface area contributed by atoms with Crippen LogP contribution in [0.25, 0.3) is 11.1 Å². The Kier molecular flexibility index (Phi) is 5.52. The molecule has 0 spiro atoms. The van der Waals surface area contributed by atoms with Gasteiger partial charge in [-0.25, -0.2) is 4.79 Å². The second-order valence-electron chi connectivity index (χ2n) is 7.36. The molecule has 1 aliphatic rings. The summed E-state index contributed by atoms with van der Waals surface area (Å²) in [5.41, 5.74) is 0.787. The molecule has 2 heterocycles. The second kappa shape index (κ2) is 8.42. The molecule has 4 rings (SSSR count). The number of hydrogen-bond acceptors (Lipinski definition) is 6. The van der Waals surface area contributed by atoms with Crippen molar-refractivity contribution in [2.45, 2.75) is 25.4 Å². The van der Waals surface area contributed by atoms with Crippen molar-refractivity contribution >= 4 is 28.6 Å². The normalized spacial score (nSPS) is 14.5. The SMILES string of the molecule is O=C(NC1CCN(C(=O)Cn2c(=O)oc3cc([N+](=O)[O-])ccc32)CC1)c1ccccc1. The van der Waals surface area contributed by atoms with E-state index in [0.717, 1.165) is 0 Å². The fourth-order valence-electron chi connectivity index (χ4n) is 3.69. The second-order valence-corrected chi connectivity index (χ2v) is 7.36. The van der Waals surface area contributed by atoms with Crippen molar-refractivity contribution in [1.82, 2.24) is 14.8 Å². The minimum absolute atomic E-state index is 0.0326. The van der Waals surface area contributed by atoms with E-state index in [1.807, 2.05) is 6.07 Å². The zero-order valence-electron chi connectivity index (χ0n) is 16.5. The standard InChI is InChI=1S/C21H20N4O6/c26-19(13-24-17-7-6-16(25(29)30)12-18(17)31-21(24)28)23-10-8-15(9-11-23)22-20(27)14-4-2-1-3-5-14/h1-7,12,15H,8-11,13H2,(H,22,27). The fourth-order valence-corrected chi connectivity index (χ4v) is 3.69. The van der Waals surface area contributed by atoms with Gasteiger partial charge in [-0.15, -0.1) is 0 Å². The number of nitro groups is 1. The number of likely N-dealkylation sites (tertiary alicyclic amines) is 1. The molecule has 160 valence electrons. The summed E-state index contributed by atoms with van der Waals surface area (Å²) in [5.74, 6) is -1.14. The van der Waals surface area contributed by atoms with E-state index in [0.29, 0.717) is 37.0 Å². The van der Waals surface area contributed by atoms with Crippen LogP contribution in [0.3, 0.4) is 0 Å². The minimum atomic E-state index is -0.742. The smallest absolute Gasteiger partial charge is 0.407 e. The van der Waals surface area contributed by atoms with Crippen molar-refractivity contribution in [1.29, 1.82) is 0 Å². The lowest BCUT2D eigenvalue weighted by atomic mass is 10.0. The van der Waals surface area contributed by atoms with Crippen molar-refractivity contribution in [2.24, 2.45) is 0 Å². The third-order valence-corrected chi connectivity index (χ3v) is 5.37. The first-order valence-corrected chi connectivity index (χ1v) is 9.84. The van der Waals surface area contributed by atoms with Gasteiger partial charge in [-0.05, 0) is 31.0 Å². The molecule has 0 saturated carbocycles. The van der Waals surface area contributed by atoms with Crippen LogP contribution in [0.15, 0.2) is 57.7 Å². The van der Waals surface area contributed by atoms with Crippen molar-refractivity contribution in [2.75, 3.05) is 13.1 Å². The number of amides is 2. The van der Waals surface area contributed by atoms with Crippen LogP contribution in [-0.4, -0.2) is 45.3 Å². The Morgan fingerprint density at radius 1 is 1.13 bits per heavy atom. The summed E-state index contributed by atoms with van der Waals surface area (Å²) in [4.78, 5) is 49.1. The van der Waals surface area contributed by atoms with Gasteiger partial charge < -0.3 is 14.6 Å². The predicted octanol–water partition coefficient (Wildman–Crippen LogP) is 1.92. The summed E-state index contributed by atoms with van der Waals surface area (Å²) in [6.07, 6.45) is 1.22. The number of rotatable bonds is 5. The highest BCUT2D eigenvalue weighted by Gasteiger charge is 2.25. The van der Waals surface area contributed by atoms with Crippen LogP contribution >= 0.6 is 0 Å². The molecule has 1 aliphatic heterocycles. The van der Waals surface area contributed by atoms with Gasteiger partial charge in [0.2, 0.25) is 5.91 Å². The van der Waals surface area contributed by atoms with Gasteiger partial charge in [0.25, 0.3) is 11.6 Å². The van der Waals surface area contributed by atoms with Gasteiger partial charge in [0.15, 0.2) is 5.58 Å². The molecule has 1 aromatic heterocycles. The van der Waals surface area contributed by atoms with Gasteiger partial charge in [-0.1, -0.05) is 18.2 Å². The van der Waals surface area contributed by atoms with Crippen LogP contribution in [0, 0.1) is 10.1 Å². The van der Waals surface area contributed by atoms with Crippen LogP contribution in [0.4, 0.5) is 5.69 Å². The molecular weight excluding hydrogens is 404 g/mol. The molecule has 0 aliphatic carbocycles. The van der Waals surface area contributed by atoms with Crippen LogP contribution in [0.5, 0.6) is 0 Å². The topological polar surface area (TPSA) is 128 Å². The van der Waals surface area contributed by atoms with Gasteiger partial charge in [-0.2, -0.15) is 0 Å². The maximum atomic E-state index is 12.7. The lowest BCUT2D eigenvalue weighted by Crippen LogP contribution is -2.47. The third-order valence-electron chi connectivity index (χ3n) is 5.37. The van der Waals surface area contributed by atoms with Crippen molar-refractivity contribution in [3.63, 3.8) is 0 Å². The average Bonchev–Trinajstić information content (AvgIpc) is 3.09. The maximum absolute atomic E-state index is 12.7. The van der Waals surface area contributed by atoms with E-state index in [2.05, 4.69) is 5.32 Å². The number of carbonyl (C=O) groups is 2. The van der Waals surface area contributed by atoms with E-state index >= 15 is 0 Å². The summed E-state index contributed by atoms with van der Waals surface area (Å²) in [5, 5.41) is 13.9. The van der Waals surface area contributed by atoms with Gasteiger partial charge in [0, 0.05) is 30.8 Å². The Morgan fingerprint density at radius 2 is 1.84 bits per heavy atom. The molecule has 31 heavy (non-hydrogen) atoms. The molecule has 0 unspecified atom stereocenters. The Bertz CT molecular complexity index is 1190. The number of nitro benzene ring substituents is 1. The zero-order valence-corrected chi connectivity index (χ0v) is 16.5. The first-order valence-electron chi connectivity index (χ1n) is 9.84. The quantitative estimate of drug-likeness (QED) is 0.492. The average molecular weight is 424 g/mol. The summed E-state index contributed by atoms with van der Waals surface area (Å²) >= 11 is 0. The monoisotopic (exact) mass is 424 g/mol. The van der Waals surface area contributed by atoms with Crippen LogP contribution in [0.2, 0.25) is 0 Å². The van der Waals surface area contributed by atoms with E-state index < -0.39 is 10.7 Å². The van der Waals surface area contributed by atoms with Crippen LogP contribution < -0.4 is 11.1 Å². The molecule has 2 amide bonds. The highest BCUT2D eigenvalue weighted by molar-refractivity contribution is 5.94. The van der Waals surface area contributed by atoms with E-state index in [9.17, 15) is 24.5 Å². The Labute approximate surface area is 176 Å². The zero-order chi connectivity index (χ0) is 22.0. The Hall–Kier alpha value is -3.95. The van der Waals surface area contributed by atoms with E-state index in [1.165, 1.54) is 22.8 Å². The molecule has 0 atom stereocenters. The Balaban J connectivity index is 1.37. The number of aromatic nitrogens is 1. The van der Waals surface area contributed by atoms with Crippen molar-refractivity contribution in [3.05, 3.63) is 74.8 Å². The maximum Gasteiger partial charge on any atom is 0.420 e. The molecule has 1 fully saturated rings. The number of fused-ring (bicyclic) bond motifs is 1. The van der Waals surface area contributed by atoms with Crippen molar-refractivity contribution < 1.29 is 18.9 Å². The number of carbonyl (C=O) groups excluding carboxylic acids is 2. The lowest BCUT2D eigenvalue weighted by molar-refractivity contribution is -0.384. The predicted molar refractivity (Wildman–Crippen MR) is 111 cm³/mol. The summed E-state index contributed by atoms with van der Waals surface area (Å²) < 4.78 is 6.24. The molecule has 3 aromatic rings. The number of non-ortho nitro benzene ring substituents is 1. The molecule has 0 radical (unpaired) electrons. The summed E-state index contributed by atoms with van der Waals surface area (Å²) in [6, 6.07) is 12.7. The van der Waals surface area contributed by atoms with Crippen molar-refractivity contribution in [3.8, 4) is 0 Å². The molecule has 1 saturated heterocycles. The first kappa shape index (κ1) is 20.3. The van der Waals surface area contributed by atoms with Crippen LogP contribution in [-0.2, 0) is 11.3 Å². The van der Waals surface area contributed by atoms with E-state index in [-0.39, 0.29) is 35.7 Å². The van der Waals surface area contributed by atoms with E-state index in [1.54, 1.807) is 29.2 Å². The molecule has 10 nitrogen and oxygen atoms in total. The van der Waals surface area contributed by atoms with Gasteiger partial charge in [-0.3, -0.25) is 24.3 Å². The summed E-state index contributed by atoms with van der Waals surface area (Å²) in [6.45, 7) is 0.688. The number of oxazole rings is 1. The number of nitrogens with zero attached hydrogens (tertiary/aromatic N) is 3. The molecule has 10 heteroatoms. The van der Waals surface area contributed by atoms with Crippen LogP contribution in [0.1, 0.15) is 23.2 Å². The minimum Gasteiger partial charge on any atom is -0.407 e. The largest absolute Gasteiger partial charge is 0.420 e. The number of benzene rings is 2.